The Morgan fingerprint density at radius 3 is 2.61 bits per heavy atom. The average Bonchev–Trinajstić information content (AvgIpc) is 3.10. The van der Waals surface area contributed by atoms with Gasteiger partial charge in [0.15, 0.2) is 0 Å². The molecule has 0 bridgehead atoms. The summed E-state index contributed by atoms with van der Waals surface area (Å²) in [5.74, 6) is -0.600. The van der Waals surface area contributed by atoms with Gasteiger partial charge in [-0.3, -0.25) is 4.79 Å². The van der Waals surface area contributed by atoms with Crippen LogP contribution in [-0.4, -0.2) is 29.1 Å². The van der Waals surface area contributed by atoms with Crippen LogP contribution in [0.3, 0.4) is 0 Å². The van der Waals surface area contributed by atoms with Crippen LogP contribution in [0.5, 0.6) is 0 Å². The highest BCUT2D eigenvalue weighted by atomic mass is 32.2. The van der Waals surface area contributed by atoms with E-state index in [1.54, 1.807) is 47.6 Å². The van der Waals surface area contributed by atoms with Gasteiger partial charge in [0.05, 0.1) is 11.6 Å². The van der Waals surface area contributed by atoms with Crippen LogP contribution in [0.15, 0.2) is 55.1 Å². The summed E-state index contributed by atoms with van der Waals surface area (Å²) in [4.78, 5) is 16.1. The first-order valence-corrected chi connectivity index (χ1v) is 8.90. The molecule has 0 unspecified atom stereocenters. The lowest BCUT2D eigenvalue weighted by Gasteiger charge is -2.18. The summed E-state index contributed by atoms with van der Waals surface area (Å²) >= 11 is 0. The van der Waals surface area contributed by atoms with Gasteiger partial charge in [-0.15, -0.1) is 0 Å². The Bertz CT molecular complexity index is 809. The van der Waals surface area contributed by atoms with Gasteiger partial charge in [-0.2, -0.15) is 0 Å². The molecule has 1 N–H and O–H groups in total. The summed E-state index contributed by atoms with van der Waals surface area (Å²) in [6.45, 7) is 0. The number of allylic oxidation sites excluding steroid dienone is 2. The van der Waals surface area contributed by atoms with Crippen LogP contribution in [0.25, 0.3) is 5.69 Å². The van der Waals surface area contributed by atoms with Gasteiger partial charge in [-0.1, -0.05) is 12.2 Å². The summed E-state index contributed by atoms with van der Waals surface area (Å²) in [6.07, 6.45) is 10.6. The molecule has 1 atom stereocenters. The standard InChI is InChI=1S/C16H17N3O3S/c20-16(18-23(21,22)15-4-2-1-3-5-15)13-6-8-14(9-7-13)19-11-10-17-12-19/h1-2,6-12,15H,3-5H2,(H,18,20)/t15-/m0/s1. The third-order valence-corrected chi connectivity index (χ3v) is 5.60. The van der Waals surface area contributed by atoms with E-state index >= 15 is 0 Å². The van der Waals surface area contributed by atoms with E-state index in [9.17, 15) is 13.2 Å². The number of imidazole rings is 1. The minimum Gasteiger partial charge on any atom is -0.306 e. The molecular weight excluding hydrogens is 314 g/mol. The van der Waals surface area contributed by atoms with E-state index in [4.69, 9.17) is 0 Å². The number of carbonyl (C=O) groups is 1. The fourth-order valence-corrected chi connectivity index (χ4v) is 3.87. The molecule has 7 heteroatoms. The van der Waals surface area contributed by atoms with Crippen LogP contribution in [0.2, 0.25) is 0 Å². The van der Waals surface area contributed by atoms with Gasteiger partial charge in [0, 0.05) is 23.6 Å². The van der Waals surface area contributed by atoms with E-state index in [0.717, 1.165) is 12.1 Å². The van der Waals surface area contributed by atoms with Crippen LogP contribution in [-0.2, 0) is 10.0 Å². The number of benzene rings is 1. The van der Waals surface area contributed by atoms with Crippen LogP contribution >= 0.6 is 0 Å². The van der Waals surface area contributed by atoms with Gasteiger partial charge in [0.25, 0.3) is 5.91 Å². The second kappa shape index (κ2) is 6.37. The Hall–Kier alpha value is -2.41. The van der Waals surface area contributed by atoms with Crippen molar-refractivity contribution < 1.29 is 13.2 Å². The maximum atomic E-state index is 12.2. The molecule has 0 spiro atoms. The van der Waals surface area contributed by atoms with Crippen molar-refractivity contribution in [1.29, 1.82) is 0 Å². The van der Waals surface area contributed by atoms with Crippen LogP contribution in [0.4, 0.5) is 0 Å². The van der Waals surface area contributed by atoms with Crippen molar-refractivity contribution in [3.63, 3.8) is 0 Å². The molecule has 1 heterocycles. The highest BCUT2D eigenvalue weighted by Gasteiger charge is 2.27. The van der Waals surface area contributed by atoms with Gasteiger partial charge in [-0.05, 0) is 43.5 Å². The predicted molar refractivity (Wildman–Crippen MR) is 86.7 cm³/mol. The molecule has 1 aliphatic rings. The number of nitrogens with zero attached hydrogens (tertiary/aromatic N) is 2. The minimum atomic E-state index is -3.65. The topological polar surface area (TPSA) is 81.1 Å². The number of sulfonamides is 1. The lowest BCUT2D eigenvalue weighted by atomic mass is 10.1. The molecule has 1 aromatic heterocycles. The van der Waals surface area contributed by atoms with Crippen molar-refractivity contribution in [1.82, 2.24) is 14.3 Å². The van der Waals surface area contributed by atoms with E-state index in [-0.39, 0.29) is 0 Å². The second-order valence-corrected chi connectivity index (χ2v) is 7.36. The first-order chi connectivity index (χ1) is 11.1. The van der Waals surface area contributed by atoms with E-state index in [0.29, 0.717) is 18.4 Å². The molecule has 0 saturated carbocycles. The lowest BCUT2D eigenvalue weighted by molar-refractivity contribution is 0.0981. The Labute approximate surface area is 134 Å². The number of hydrogen-bond donors (Lipinski definition) is 1. The van der Waals surface area contributed by atoms with Crippen LogP contribution in [0.1, 0.15) is 29.6 Å². The number of rotatable bonds is 4. The number of carbonyl (C=O) groups excluding carboxylic acids is 1. The lowest BCUT2D eigenvalue weighted by Crippen LogP contribution is -2.38. The zero-order chi connectivity index (χ0) is 16.3. The van der Waals surface area contributed by atoms with Crippen LogP contribution in [0, 0.1) is 0 Å². The van der Waals surface area contributed by atoms with Crippen molar-refractivity contribution in [2.75, 3.05) is 0 Å². The van der Waals surface area contributed by atoms with Crippen molar-refractivity contribution in [2.45, 2.75) is 24.5 Å². The summed E-state index contributed by atoms with van der Waals surface area (Å²) in [5.41, 5.74) is 1.16. The molecule has 23 heavy (non-hydrogen) atoms. The zero-order valence-electron chi connectivity index (χ0n) is 12.4. The molecule has 3 rings (SSSR count). The average molecular weight is 331 g/mol. The molecule has 1 amide bonds. The van der Waals surface area contributed by atoms with E-state index in [1.807, 2.05) is 12.2 Å². The summed E-state index contributed by atoms with van der Waals surface area (Å²) in [6, 6.07) is 6.68. The Morgan fingerprint density at radius 2 is 2.00 bits per heavy atom. The maximum Gasteiger partial charge on any atom is 0.264 e. The second-order valence-electron chi connectivity index (χ2n) is 5.40. The largest absolute Gasteiger partial charge is 0.306 e. The monoisotopic (exact) mass is 331 g/mol. The smallest absolute Gasteiger partial charge is 0.264 e. The third kappa shape index (κ3) is 3.50. The molecule has 0 saturated heterocycles. The number of aromatic nitrogens is 2. The minimum absolute atomic E-state index is 0.309. The normalized spacial score (nSPS) is 17.8. The van der Waals surface area contributed by atoms with Crippen molar-refractivity contribution >= 4 is 15.9 Å². The molecule has 2 aromatic rings. The van der Waals surface area contributed by atoms with Crippen molar-refractivity contribution in [2.24, 2.45) is 0 Å². The molecule has 0 aliphatic heterocycles. The molecule has 0 fully saturated rings. The molecular formula is C16H17N3O3S. The summed E-state index contributed by atoms with van der Waals surface area (Å²) in [5, 5.41) is -0.540. The molecule has 1 aromatic carbocycles. The Balaban J connectivity index is 1.72. The number of hydrogen-bond acceptors (Lipinski definition) is 4. The third-order valence-electron chi connectivity index (χ3n) is 3.83. The SMILES string of the molecule is O=C(NS(=O)(=O)[C@H]1CC=CCC1)c1ccc(-n2ccnc2)cc1. The summed E-state index contributed by atoms with van der Waals surface area (Å²) in [7, 11) is -3.65. The highest BCUT2D eigenvalue weighted by Crippen LogP contribution is 2.18. The van der Waals surface area contributed by atoms with Gasteiger partial charge in [0.1, 0.15) is 0 Å². The molecule has 1 aliphatic carbocycles. The highest BCUT2D eigenvalue weighted by molar-refractivity contribution is 7.90. The van der Waals surface area contributed by atoms with Gasteiger partial charge < -0.3 is 4.57 Å². The quantitative estimate of drug-likeness (QED) is 0.869. The Kier molecular flexibility index (Phi) is 4.29. The number of nitrogens with one attached hydrogen (secondary N) is 1. The number of amides is 1. The Morgan fingerprint density at radius 1 is 1.22 bits per heavy atom. The van der Waals surface area contributed by atoms with E-state index < -0.39 is 21.2 Å². The van der Waals surface area contributed by atoms with Gasteiger partial charge in [-0.25, -0.2) is 18.1 Å². The van der Waals surface area contributed by atoms with E-state index in [2.05, 4.69) is 9.71 Å². The fraction of sp³-hybridized carbons (Fsp3) is 0.250. The maximum absolute atomic E-state index is 12.2. The van der Waals surface area contributed by atoms with Crippen molar-refractivity contribution in [3.05, 3.63) is 60.7 Å². The van der Waals surface area contributed by atoms with Crippen LogP contribution < -0.4 is 4.72 Å². The molecule has 120 valence electrons. The van der Waals surface area contributed by atoms with Crippen molar-refractivity contribution in [3.8, 4) is 5.69 Å². The first-order valence-electron chi connectivity index (χ1n) is 7.35. The molecule has 6 nitrogen and oxygen atoms in total. The summed E-state index contributed by atoms with van der Waals surface area (Å²) < 4.78 is 28.5. The predicted octanol–water partition coefficient (Wildman–Crippen LogP) is 2.04. The zero-order valence-corrected chi connectivity index (χ0v) is 13.2. The fourth-order valence-electron chi connectivity index (χ4n) is 2.52. The molecule has 0 radical (unpaired) electrons. The van der Waals surface area contributed by atoms with Gasteiger partial charge >= 0.3 is 0 Å². The van der Waals surface area contributed by atoms with Gasteiger partial charge in [0.2, 0.25) is 10.0 Å². The van der Waals surface area contributed by atoms with E-state index in [1.165, 1.54) is 0 Å². The first kappa shape index (κ1) is 15.5.